The molecule has 3 rings (SSSR count). The van der Waals surface area contributed by atoms with E-state index in [1.165, 1.54) is 24.0 Å². The normalized spacial score (nSPS) is 18.8. The van der Waals surface area contributed by atoms with Gasteiger partial charge in [-0.3, -0.25) is 9.97 Å². The van der Waals surface area contributed by atoms with Crippen LogP contribution in [0.5, 0.6) is 0 Å². The summed E-state index contributed by atoms with van der Waals surface area (Å²) < 4.78 is 0. The van der Waals surface area contributed by atoms with Gasteiger partial charge in [-0.25, -0.2) is 0 Å². The maximum absolute atomic E-state index is 4.77. The van der Waals surface area contributed by atoms with Gasteiger partial charge in [0.15, 0.2) is 0 Å². The molecule has 2 aromatic rings. The Balaban J connectivity index is 2.18. The maximum atomic E-state index is 4.77. The highest BCUT2D eigenvalue weighted by Crippen LogP contribution is 2.46. The first-order valence-electron chi connectivity index (χ1n) is 8.16. The van der Waals surface area contributed by atoms with E-state index in [9.17, 15) is 0 Å². The van der Waals surface area contributed by atoms with Gasteiger partial charge >= 0.3 is 0 Å². The standard InChI is InChI=1S/C20H26N2/c1-13-7-8-15(14(2)22-13)18-11-16-17(12-21-18)20(5,6)10-9-19(16,3)4/h7-8,11-12H,9-10H2,1-6H3. The minimum atomic E-state index is 0.217. The van der Waals surface area contributed by atoms with Crippen molar-refractivity contribution < 1.29 is 0 Å². The van der Waals surface area contributed by atoms with Crippen LogP contribution in [0.3, 0.4) is 0 Å². The molecular formula is C20H26N2. The summed E-state index contributed by atoms with van der Waals surface area (Å²) in [6, 6.07) is 6.52. The SMILES string of the molecule is Cc1ccc(-c2cc3c(cn2)C(C)(C)CCC3(C)C)c(C)n1. The van der Waals surface area contributed by atoms with Crippen LogP contribution < -0.4 is 0 Å². The number of rotatable bonds is 1. The third kappa shape index (κ3) is 2.45. The number of pyridine rings is 2. The Morgan fingerprint density at radius 1 is 0.909 bits per heavy atom. The molecule has 0 amide bonds. The van der Waals surface area contributed by atoms with E-state index in [2.05, 4.69) is 64.0 Å². The van der Waals surface area contributed by atoms with Crippen LogP contribution >= 0.6 is 0 Å². The van der Waals surface area contributed by atoms with Crippen LogP contribution in [-0.4, -0.2) is 9.97 Å². The van der Waals surface area contributed by atoms with E-state index < -0.39 is 0 Å². The molecule has 1 aliphatic rings. The van der Waals surface area contributed by atoms with Gasteiger partial charge < -0.3 is 0 Å². The number of fused-ring (bicyclic) bond motifs is 1. The molecule has 2 nitrogen and oxygen atoms in total. The van der Waals surface area contributed by atoms with Crippen molar-refractivity contribution in [3.8, 4) is 11.3 Å². The molecule has 1 aliphatic carbocycles. The van der Waals surface area contributed by atoms with Crippen molar-refractivity contribution in [1.29, 1.82) is 0 Å². The smallest absolute Gasteiger partial charge is 0.0723 e. The van der Waals surface area contributed by atoms with E-state index in [-0.39, 0.29) is 10.8 Å². The second-order valence-corrected chi connectivity index (χ2v) is 7.97. The topological polar surface area (TPSA) is 25.8 Å². The number of aryl methyl sites for hydroxylation is 2. The summed E-state index contributed by atoms with van der Waals surface area (Å²) >= 11 is 0. The first-order chi connectivity index (χ1) is 10.2. The van der Waals surface area contributed by atoms with Crippen molar-refractivity contribution in [1.82, 2.24) is 9.97 Å². The minimum Gasteiger partial charge on any atom is -0.258 e. The van der Waals surface area contributed by atoms with Gasteiger partial charge in [-0.1, -0.05) is 27.7 Å². The highest BCUT2D eigenvalue weighted by atomic mass is 14.7. The van der Waals surface area contributed by atoms with Crippen LogP contribution in [0.25, 0.3) is 11.3 Å². The van der Waals surface area contributed by atoms with Crippen LogP contribution in [0.1, 0.15) is 63.1 Å². The average Bonchev–Trinajstić information content (AvgIpc) is 2.44. The summed E-state index contributed by atoms with van der Waals surface area (Å²) in [4.78, 5) is 9.36. The van der Waals surface area contributed by atoms with Crippen LogP contribution in [0.2, 0.25) is 0 Å². The van der Waals surface area contributed by atoms with Gasteiger partial charge in [-0.15, -0.1) is 0 Å². The lowest BCUT2D eigenvalue weighted by molar-refractivity contribution is 0.331. The third-order valence-electron chi connectivity index (χ3n) is 5.24. The molecule has 0 aromatic carbocycles. The molecule has 0 unspecified atom stereocenters. The van der Waals surface area contributed by atoms with Gasteiger partial charge in [0.2, 0.25) is 0 Å². The van der Waals surface area contributed by atoms with Crippen molar-refractivity contribution in [2.24, 2.45) is 0 Å². The lowest BCUT2D eigenvalue weighted by Crippen LogP contribution is -2.34. The minimum absolute atomic E-state index is 0.217. The molecule has 0 atom stereocenters. The lowest BCUT2D eigenvalue weighted by Gasteiger charge is -2.41. The zero-order chi connectivity index (χ0) is 16.1. The Morgan fingerprint density at radius 2 is 1.55 bits per heavy atom. The highest BCUT2D eigenvalue weighted by Gasteiger charge is 2.37. The van der Waals surface area contributed by atoms with E-state index in [0.29, 0.717) is 0 Å². The van der Waals surface area contributed by atoms with Gasteiger partial charge in [0.1, 0.15) is 0 Å². The number of hydrogen-bond donors (Lipinski definition) is 0. The summed E-state index contributed by atoms with van der Waals surface area (Å²) in [5, 5.41) is 0. The van der Waals surface area contributed by atoms with Crippen LogP contribution in [0, 0.1) is 13.8 Å². The molecule has 0 saturated carbocycles. The van der Waals surface area contributed by atoms with E-state index in [1.807, 2.05) is 6.92 Å². The molecule has 0 radical (unpaired) electrons. The molecule has 22 heavy (non-hydrogen) atoms. The lowest BCUT2D eigenvalue weighted by atomic mass is 9.63. The fraction of sp³-hybridized carbons (Fsp3) is 0.500. The van der Waals surface area contributed by atoms with Gasteiger partial charge in [0.05, 0.1) is 5.69 Å². The fourth-order valence-corrected chi connectivity index (χ4v) is 3.55. The van der Waals surface area contributed by atoms with Crippen LogP contribution in [0.4, 0.5) is 0 Å². The summed E-state index contributed by atoms with van der Waals surface area (Å²) in [5.41, 5.74) is 7.60. The highest BCUT2D eigenvalue weighted by molar-refractivity contribution is 5.64. The van der Waals surface area contributed by atoms with Crippen LogP contribution in [0.15, 0.2) is 24.4 Å². The molecule has 0 bridgehead atoms. The van der Waals surface area contributed by atoms with E-state index in [1.54, 1.807) is 0 Å². The quantitative estimate of drug-likeness (QED) is 0.730. The van der Waals surface area contributed by atoms with Crippen molar-refractivity contribution >= 4 is 0 Å². The van der Waals surface area contributed by atoms with Crippen molar-refractivity contribution in [2.45, 2.75) is 65.2 Å². The molecule has 2 heteroatoms. The molecule has 2 aromatic heterocycles. The summed E-state index contributed by atoms with van der Waals surface area (Å²) in [6.07, 6.45) is 4.55. The summed E-state index contributed by atoms with van der Waals surface area (Å²) in [6.45, 7) is 13.5. The van der Waals surface area contributed by atoms with E-state index in [4.69, 9.17) is 4.98 Å². The number of nitrogens with zero attached hydrogens (tertiary/aromatic N) is 2. The van der Waals surface area contributed by atoms with E-state index in [0.717, 1.165) is 22.6 Å². The van der Waals surface area contributed by atoms with E-state index >= 15 is 0 Å². The van der Waals surface area contributed by atoms with Crippen LogP contribution in [-0.2, 0) is 10.8 Å². The van der Waals surface area contributed by atoms with Crippen molar-refractivity contribution in [3.05, 3.63) is 46.9 Å². The third-order valence-corrected chi connectivity index (χ3v) is 5.24. The second-order valence-electron chi connectivity index (χ2n) is 7.97. The predicted molar refractivity (Wildman–Crippen MR) is 92.2 cm³/mol. The second kappa shape index (κ2) is 4.91. The molecule has 116 valence electrons. The first-order valence-corrected chi connectivity index (χ1v) is 8.16. The van der Waals surface area contributed by atoms with Gasteiger partial charge in [0.25, 0.3) is 0 Å². The largest absolute Gasteiger partial charge is 0.258 e. The van der Waals surface area contributed by atoms with Gasteiger partial charge in [0, 0.05) is 23.1 Å². The summed E-state index contributed by atoms with van der Waals surface area (Å²) in [5.74, 6) is 0. The average molecular weight is 294 g/mol. The molecule has 0 spiro atoms. The molecule has 0 aliphatic heterocycles. The Kier molecular flexibility index (Phi) is 3.39. The predicted octanol–water partition coefficient (Wildman–Crippen LogP) is 5.11. The zero-order valence-corrected chi connectivity index (χ0v) is 14.6. The first kappa shape index (κ1) is 15.2. The monoisotopic (exact) mass is 294 g/mol. The van der Waals surface area contributed by atoms with Crippen molar-refractivity contribution in [3.63, 3.8) is 0 Å². The molecule has 2 heterocycles. The Morgan fingerprint density at radius 3 is 2.18 bits per heavy atom. The van der Waals surface area contributed by atoms with Crippen molar-refractivity contribution in [2.75, 3.05) is 0 Å². The fourth-order valence-electron chi connectivity index (χ4n) is 3.55. The Hall–Kier alpha value is -1.70. The molecule has 0 N–H and O–H groups in total. The van der Waals surface area contributed by atoms with Gasteiger partial charge in [-0.2, -0.15) is 0 Å². The Labute approximate surface area is 134 Å². The summed E-state index contributed by atoms with van der Waals surface area (Å²) in [7, 11) is 0. The van der Waals surface area contributed by atoms with Gasteiger partial charge in [-0.05, 0) is 66.8 Å². The molecule has 0 fully saturated rings. The Bertz CT molecular complexity index is 726. The molecule has 0 saturated heterocycles. The maximum Gasteiger partial charge on any atom is 0.0723 e. The molecular weight excluding hydrogens is 268 g/mol. The zero-order valence-electron chi connectivity index (χ0n) is 14.6. The number of hydrogen-bond acceptors (Lipinski definition) is 2. The number of aromatic nitrogens is 2.